The Bertz CT molecular complexity index is 362. The van der Waals surface area contributed by atoms with Crippen LogP contribution in [0.2, 0.25) is 0 Å². The summed E-state index contributed by atoms with van der Waals surface area (Å²) < 4.78 is 36.3. The van der Waals surface area contributed by atoms with Crippen molar-refractivity contribution in [3.05, 3.63) is 24.0 Å². The second kappa shape index (κ2) is 6.04. The van der Waals surface area contributed by atoms with Crippen LogP contribution in [0.15, 0.2) is 18.3 Å². The summed E-state index contributed by atoms with van der Waals surface area (Å²) in [6.07, 6.45) is -2.64. The van der Waals surface area contributed by atoms with Crippen molar-refractivity contribution in [2.45, 2.75) is 32.0 Å². The van der Waals surface area contributed by atoms with Crippen molar-refractivity contribution >= 4 is 5.69 Å². The van der Waals surface area contributed by atoms with Gasteiger partial charge in [0.15, 0.2) is 0 Å². The highest BCUT2D eigenvalue weighted by atomic mass is 19.4. The third-order valence-electron chi connectivity index (χ3n) is 2.76. The fourth-order valence-corrected chi connectivity index (χ4v) is 1.48. The molecule has 18 heavy (non-hydrogen) atoms. The van der Waals surface area contributed by atoms with Crippen LogP contribution in [0.1, 0.15) is 31.5 Å². The van der Waals surface area contributed by atoms with Gasteiger partial charge < -0.3 is 10.6 Å². The van der Waals surface area contributed by atoms with Gasteiger partial charge in [-0.3, -0.25) is 4.98 Å². The number of halogens is 3. The number of hydrogen-bond acceptors (Lipinski definition) is 3. The largest absolute Gasteiger partial charge is 0.390 e. The van der Waals surface area contributed by atoms with Crippen LogP contribution in [0, 0.1) is 0 Å². The van der Waals surface area contributed by atoms with Crippen LogP contribution in [0.3, 0.4) is 0 Å². The number of aromatic nitrogens is 1. The molecule has 3 nitrogen and oxygen atoms in total. The van der Waals surface area contributed by atoms with Gasteiger partial charge in [-0.05, 0) is 18.6 Å². The summed E-state index contributed by atoms with van der Waals surface area (Å²) in [6.45, 7) is 1.88. The number of alkyl halides is 3. The molecule has 0 aromatic carbocycles. The van der Waals surface area contributed by atoms with Crippen molar-refractivity contribution in [1.29, 1.82) is 0 Å². The molecule has 0 aliphatic heterocycles. The fraction of sp³-hybridized carbons (Fsp3) is 0.583. The molecule has 0 saturated carbocycles. The van der Waals surface area contributed by atoms with Crippen LogP contribution >= 0.6 is 0 Å². The van der Waals surface area contributed by atoms with Gasteiger partial charge in [0, 0.05) is 19.6 Å². The summed E-state index contributed by atoms with van der Waals surface area (Å²) in [7, 11) is 1.61. The van der Waals surface area contributed by atoms with E-state index in [9.17, 15) is 13.2 Å². The maximum Gasteiger partial charge on any atom is 0.390 e. The minimum absolute atomic E-state index is 0.0790. The fourth-order valence-electron chi connectivity index (χ4n) is 1.48. The van der Waals surface area contributed by atoms with Crippen LogP contribution in [0.25, 0.3) is 0 Å². The predicted molar refractivity (Wildman–Crippen MR) is 65.4 cm³/mol. The lowest BCUT2D eigenvalue weighted by molar-refractivity contribution is -0.132. The molecule has 1 unspecified atom stereocenters. The lowest BCUT2D eigenvalue weighted by Gasteiger charge is -2.20. The van der Waals surface area contributed by atoms with E-state index in [1.807, 2.05) is 6.92 Å². The van der Waals surface area contributed by atoms with Gasteiger partial charge in [0.2, 0.25) is 0 Å². The third-order valence-corrected chi connectivity index (χ3v) is 2.76. The van der Waals surface area contributed by atoms with Crippen LogP contribution in [-0.4, -0.2) is 24.8 Å². The van der Waals surface area contributed by atoms with Crippen LogP contribution in [-0.2, 0) is 0 Å². The average molecular weight is 261 g/mol. The number of hydrogen-bond donors (Lipinski definition) is 1. The second-order valence-corrected chi connectivity index (χ2v) is 4.24. The molecular weight excluding hydrogens is 243 g/mol. The van der Waals surface area contributed by atoms with Crippen molar-refractivity contribution in [2.75, 3.05) is 18.5 Å². The Morgan fingerprint density at radius 2 is 2.06 bits per heavy atom. The van der Waals surface area contributed by atoms with Crippen LogP contribution in [0.5, 0.6) is 0 Å². The van der Waals surface area contributed by atoms with E-state index >= 15 is 0 Å². The first kappa shape index (κ1) is 14.8. The Hall–Kier alpha value is -1.30. The molecule has 0 radical (unpaired) electrons. The Morgan fingerprint density at radius 1 is 1.39 bits per heavy atom. The maximum atomic E-state index is 12.1. The zero-order valence-electron chi connectivity index (χ0n) is 10.5. The first-order chi connectivity index (χ1) is 8.33. The molecule has 2 N–H and O–H groups in total. The Labute approximate surface area is 105 Å². The van der Waals surface area contributed by atoms with Crippen LogP contribution in [0.4, 0.5) is 18.9 Å². The Kier molecular flexibility index (Phi) is 4.95. The minimum Gasteiger partial charge on any atom is -0.373 e. The van der Waals surface area contributed by atoms with Crippen molar-refractivity contribution in [1.82, 2.24) is 4.98 Å². The summed E-state index contributed by atoms with van der Waals surface area (Å²) in [4.78, 5) is 5.70. The summed E-state index contributed by atoms with van der Waals surface area (Å²) in [5.74, 6) is 0. The third kappa shape index (κ3) is 4.52. The summed E-state index contributed by atoms with van der Waals surface area (Å²) in [6, 6.07) is 3.38. The summed E-state index contributed by atoms with van der Waals surface area (Å²) >= 11 is 0. The lowest BCUT2D eigenvalue weighted by Crippen LogP contribution is -2.24. The van der Waals surface area contributed by atoms with E-state index < -0.39 is 12.6 Å². The molecule has 0 spiro atoms. The van der Waals surface area contributed by atoms with E-state index in [4.69, 9.17) is 5.73 Å². The molecule has 0 saturated heterocycles. The number of rotatable bonds is 5. The van der Waals surface area contributed by atoms with E-state index in [1.165, 1.54) is 4.90 Å². The van der Waals surface area contributed by atoms with Gasteiger partial charge in [0.1, 0.15) is 0 Å². The van der Waals surface area contributed by atoms with E-state index in [-0.39, 0.29) is 12.6 Å². The molecule has 0 aliphatic carbocycles. The van der Waals surface area contributed by atoms with Gasteiger partial charge in [-0.25, -0.2) is 0 Å². The van der Waals surface area contributed by atoms with Gasteiger partial charge in [-0.2, -0.15) is 13.2 Å². The zero-order chi connectivity index (χ0) is 13.8. The number of anilines is 1. The minimum atomic E-state index is -4.13. The highest BCUT2D eigenvalue weighted by Gasteiger charge is 2.27. The average Bonchev–Trinajstić information content (AvgIpc) is 2.34. The molecule has 0 aliphatic rings. The normalized spacial score (nSPS) is 13.4. The van der Waals surface area contributed by atoms with Crippen molar-refractivity contribution in [3.63, 3.8) is 0 Å². The van der Waals surface area contributed by atoms with Gasteiger partial charge in [0.05, 0.1) is 24.0 Å². The summed E-state index contributed by atoms with van der Waals surface area (Å²) in [5.41, 5.74) is 7.23. The molecule has 0 amide bonds. The molecule has 0 bridgehead atoms. The first-order valence-corrected chi connectivity index (χ1v) is 5.83. The van der Waals surface area contributed by atoms with Gasteiger partial charge >= 0.3 is 6.18 Å². The molecule has 1 heterocycles. The standard InChI is InChI=1S/C12H18F3N3/c1-3-10(16)11-5-4-9(8-17-11)18(2)7-6-12(13,14)15/h4-5,8,10H,3,6-7,16H2,1-2H3. The summed E-state index contributed by atoms with van der Waals surface area (Å²) in [5, 5.41) is 0. The molecule has 1 aromatic heterocycles. The number of nitrogens with two attached hydrogens (primary N) is 1. The molecule has 0 fully saturated rings. The molecule has 1 rings (SSSR count). The van der Waals surface area contributed by atoms with Gasteiger partial charge in [0.25, 0.3) is 0 Å². The highest BCUT2D eigenvalue weighted by molar-refractivity contribution is 5.43. The maximum absolute atomic E-state index is 12.1. The smallest absolute Gasteiger partial charge is 0.373 e. The van der Waals surface area contributed by atoms with Crippen molar-refractivity contribution in [3.8, 4) is 0 Å². The lowest BCUT2D eigenvalue weighted by atomic mass is 10.1. The molecule has 6 heteroatoms. The van der Waals surface area contributed by atoms with Crippen LogP contribution < -0.4 is 10.6 Å². The molecule has 102 valence electrons. The SMILES string of the molecule is CCC(N)c1ccc(N(C)CCC(F)(F)F)cn1. The van der Waals surface area contributed by atoms with E-state index in [1.54, 1.807) is 25.4 Å². The first-order valence-electron chi connectivity index (χ1n) is 5.83. The molecular formula is C12H18F3N3. The highest BCUT2D eigenvalue weighted by Crippen LogP contribution is 2.22. The monoisotopic (exact) mass is 261 g/mol. The molecule has 1 atom stereocenters. The Morgan fingerprint density at radius 3 is 2.50 bits per heavy atom. The van der Waals surface area contributed by atoms with E-state index in [0.717, 1.165) is 12.1 Å². The topological polar surface area (TPSA) is 42.1 Å². The quantitative estimate of drug-likeness (QED) is 0.886. The van der Waals surface area contributed by atoms with Gasteiger partial charge in [-0.1, -0.05) is 6.92 Å². The predicted octanol–water partition coefficient (Wildman–Crippen LogP) is 2.88. The number of nitrogens with zero attached hydrogens (tertiary/aromatic N) is 2. The van der Waals surface area contributed by atoms with Crippen molar-refractivity contribution in [2.24, 2.45) is 5.73 Å². The zero-order valence-corrected chi connectivity index (χ0v) is 10.5. The molecule has 1 aromatic rings. The Balaban J connectivity index is 2.62. The second-order valence-electron chi connectivity index (χ2n) is 4.24. The number of pyridine rings is 1. The van der Waals surface area contributed by atoms with Gasteiger partial charge in [-0.15, -0.1) is 0 Å². The van der Waals surface area contributed by atoms with E-state index in [0.29, 0.717) is 5.69 Å². The van der Waals surface area contributed by atoms with E-state index in [2.05, 4.69) is 4.98 Å². The van der Waals surface area contributed by atoms with Crippen molar-refractivity contribution < 1.29 is 13.2 Å².